The second-order valence-corrected chi connectivity index (χ2v) is 7.42. The third-order valence-corrected chi connectivity index (χ3v) is 5.44. The summed E-state index contributed by atoms with van der Waals surface area (Å²) in [6, 6.07) is 18.9. The van der Waals surface area contributed by atoms with E-state index < -0.39 is 0 Å². The van der Waals surface area contributed by atoms with E-state index in [1.807, 2.05) is 6.07 Å². The van der Waals surface area contributed by atoms with Crippen LogP contribution in [0.3, 0.4) is 0 Å². The van der Waals surface area contributed by atoms with Crippen molar-refractivity contribution >= 4 is 0 Å². The molecule has 2 aromatic rings. The van der Waals surface area contributed by atoms with Gasteiger partial charge in [-0.3, -0.25) is 0 Å². The van der Waals surface area contributed by atoms with Crippen molar-refractivity contribution in [3.8, 4) is 11.1 Å². The molecule has 0 saturated carbocycles. The fourth-order valence-electron chi connectivity index (χ4n) is 3.77. The molecule has 1 saturated heterocycles. The molecule has 0 radical (unpaired) electrons. The van der Waals surface area contributed by atoms with Crippen LogP contribution in [0.1, 0.15) is 64.2 Å². The first-order valence-corrected chi connectivity index (χ1v) is 10.2. The monoisotopic (exact) mass is 352 g/mol. The average Bonchev–Trinajstić information content (AvgIpc) is 2.69. The van der Waals surface area contributed by atoms with Gasteiger partial charge in [-0.2, -0.15) is 0 Å². The Hall–Kier alpha value is -1.64. The molecule has 0 aromatic heterocycles. The van der Waals surface area contributed by atoms with Crippen LogP contribution in [-0.4, -0.2) is 12.7 Å². The van der Waals surface area contributed by atoms with E-state index in [0.29, 0.717) is 5.92 Å². The maximum Gasteiger partial charge on any atom is 0.184 e. The van der Waals surface area contributed by atoms with Gasteiger partial charge >= 0.3 is 0 Å². The van der Waals surface area contributed by atoms with Crippen molar-refractivity contribution in [2.45, 2.75) is 64.8 Å². The third kappa shape index (κ3) is 4.96. The predicted molar refractivity (Wildman–Crippen MR) is 108 cm³/mol. The average molecular weight is 353 g/mol. The molecule has 1 fully saturated rings. The summed E-state index contributed by atoms with van der Waals surface area (Å²) in [4.78, 5) is 0. The Morgan fingerprint density at radius 2 is 1.62 bits per heavy atom. The first-order chi connectivity index (χ1) is 12.8. The Labute approximate surface area is 158 Å². The molecule has 0 spiro atoms. The quantitative estimate of drug-likeness (QED) is 0.488. The molecule has 3 rings (SSSR count). The highest BCUT2D eigenvalue weighted by Gasteiger charge is 2.30. The molecule has 0 bridgehead atoms. The number of ether oxygens (including phenoxy) is 2. The summed E-state index contributed by atoms with van der Waals surface area (Å²) in [7, 11) is 0. The molecule has 2 heteroatoms. The summed E-state index contributed by atoms with van der Waals surface area (Å²) in [5.41, 5.74) is 3.54. The van der Waals surface area contributed by atoms with Crippen molar-refractivity contribution in [2.24, 2.45) is 5.92 Å². The van der Waals surface area contributed by atoms with Crippen LogP contribution in [0.25, 0.3) is 11.1 Å². The molecule has 3 unspecified atom stereocenters. The zero-order valence-corrected chi connectivity index (χ0v) is 16.2. The van der Waals surface area contributed by atoms with Gasteiger partial charge in [0.05, 0.1) is 12.7 Å². The van der Waals surface area contributed by atoms with Crippen LogP contribution in [0.5, 0.6) is 0 Å². The Morgan fingerprint density at radius 3 is 2.38 bits per heavy atom. The highest BCUT2D eigenvalue weighted by atomic mass is 16.7. The van der Waals surface area contributed by atoms with E-state index in [4.69, 9.17) is 9.47 Å². The molecule has 26 heavy (non-hydrogen) atoms. The second-order valence-electron chi connectivity index (χ2n) is 7.42. The predicted octanol–water partition coefficient (Wildman–Crippen LogP) is 6.76. The van der Waals surface area contributed by atoms with Crippen LogP contribution in [0.4, 0.5) is 0 Å². The van der Waals surface area contributed by atoms with Crippen LogP contribution in [-0.2, 0) is 9.47 Å². The molecule has 2 aromatic carbocycles. The van der Waals surface area contributed by atoms with Crippen LogP contribution >= 0.6 is 0 Å². The summed E-state index contributed by atoms with van der Waals surface area (Å²) in [6.07, 6.45) is 7.80. The third-order valence-electron chi connectivity index (χ3n) is 5.44. The van der Waals surface area contributed by atoms with Crippen LogP contribution in [0.2, 0.25) is 0 Å². The van der Waals surface area contributed by atoms with E-state index in [9.17, 15) is 0 Å². The maximum atomic E-state index is 6.30. The lowest BCUT2D eigenvalue weighted by Gasteiger charge is -2.35. The number of hydrogen-bond acceptors (Lipinski definition) is 2. The molecule has 0 amide bonds. The van der Waals surface area contributed by atoms with Crippen LogP contribution in [0.15, 0.2) is 54.6 Å². The van der Waals surface area contributed by atoms with Crippen molar-refractivity contribution in [1.29, 1.82) is 0 Å². The smallest absolute Gasteiger partial charge is 0.184 e. The molecule has 1 heterocycles. The van der Waals surface area contributed by atoms with Gasteiger partial charge in [0, 0.05) is 11.5 Å². The van der Waals surface area contributed by atoms with Crippen LogP contribution < -0.4 is 0 Å². The van der Waals surface area contributed by atoms with E-state index in [-0.39, 0.29) is 12.4 Å². The van der Waals surface area contributed by atoms with Gasteiger partial charge in [0.1, 0.15) is 0 Å². The van der Waals surface area contributed by atoms with Crippen molar-refractivity contribution in [3.05, 3.63) is 60.2 Å². The molecule has 0 aliphatic carbocycles. The molecule has 1 aliphatic rings. The fourth-order valence-corrected chi connectivity index (χ4v) is 3.77. The summed E-state index contributed by atoms with van der Waals surface area (Å²) in [6.45, 7) is 5.26. The molecule has 2 nitrogen and oxygen atoms in total. The van der Waals surface area contributed by atoms with Crippen molar-refractivity contribution < 1.29 is 9.47 Å². The molecular formula is C24H32O2. The van der Waals surface area contributed by atoms with E-state index in [1.54, 1.807) is 0 Å². The first kappa shape index (κ1) is 19.1. The molecule has 3 atom stereocenters. The minimum atomic E-state index is -0.266. The van der Waals surface area contributed by atoms with Crippen molar-refractivity contribution in [1.82, 2.24) is 0 Å². The van der Waals surface area contributed by atoms with Crippen molar-refractivity contribution in [3.63, 3.8) is 0 Å². The molecule has 1 aliphatic heterocycles. The summed E-state index contributed by atoms with van der Waals surface area (Å²) in [5, 5.41) is 0. The summed E-state index contributed by atoms with van der Waals surface area (Å²) < 4.78 is 12.5. The lowest BCUT2D eigenvalue weighted by molar-refractivity contribution is -0.237. The van der Waals surface area contributed by atoms with E-state index in [2.05, 4.69) is 62.4 Å². The highest BCUT2D eigenvalue weighted by Crippen LogP contribution is 2.36. The van der Waals surface area contributed by atoms with E-state index in [0.717, 1.165) is 12.2 Å². The van der Waals surface area contributed by atoms with E-state index >= 15 is 0 Å². The Morgan fingerprint density at radius 1 is 0.885 bits per heavy atom. The van der Waals surface area contributed by atoms with Crippen LogP contribution in [0, 0.1) is 5.92 Å². The maximum absolute atomic E-state index is 6.30. The van der Waals surface area contributed by atoms with Crippen molar-refractivity contribution in [2.75, 3.05) is 6.61 Å². The largest absolute Gasteiger partial charge is 0.348 e. The molecular weight excluding hydrogens is 320 g/mol. The minimum absolute atomic E-state index is 0.240. The highest BCUT2D eigenvalue weighted by molar-refractivity contribution is 5.67. The fraction of sp³-hybridized carbons (Fsp3) is 0.500. The number of unbranched alkanes of at least 4 members (excludes halogenated alkanes) is 4. The molecule has 140 valence electrons. The number of hydrogen-bond donors (Lipinski definition) is 0. The minimum Gasteiger partial charge on any atom is -0.348 e. The zero-order chi connectivity index (χ0) is 18.2. The SMILES string of the molecule is CCCCCCCC1COC(c2ccccc2-c2ccccc2)OC1C. The zero-order valence-electron chi connectivity index (χ0n) is 16.2. The second kappa shape index (κ2) is 9.89. The van der Waals surface area contributed by atoms with Gasteiger partial charge in [-0.05, 0) is 24.5 Å². The standard InChI is InChI=1S/C24H32O2/c1-3-4-5-6-8-15-21-18-25-24(26-19(21)2)23-17-12-11-16-22(23)20-13-9-7-10-14-20/h7,9-14,16-17,19,21,24H,3-6,8,15,18H2,1-2H3. The summed E-state index contributed by atoms with van der Waals surface area (Å²) >= 11 is 0. The lowest BCUT2D eigenvalue weighted by atomic mass is 9.94. The Balaban J connectivity index is 1.61. The van der Waals surface area contributed by atoms with Gasteiger partial charge in [0.2, 0.25) is 0 Å². The lowest BCUT2D eigenvalue weighted by Crippen LogP contribution is -2.34. The topological polar surface area (TPSA) is 18.5 Å². The summed E-state index contributed by atoms with van der Waals surface area (Å²) in [5.74, 6) is 0.511. The van der Waals surface area contributed by atoms with Gasteiger partial charge < -0.3 is 9.47 Å². The normalized spacial score (nSPS) is 23.1. The van der Waals surface area contributed by atoms with E-state index in [1.165, 1.54) is 49.7 Å². The van der Waals surface area contributed by atoms with Gasteiger partial charge in [-0.25, -0.2) is 0 Å². The molecule has 0 N–H and O–H groups in total. The van der Waals surface area contributed by atoms with Gasteiger partial charge in [0.15, 0.2) is 6.29 Å². The number of rotatable bonds is 8. The Bertz CT molecular complexity index is 652. The van der Waals surface area contributed by atoms with Gasteiger partial charge in [-0.1, -0.05) is 93.6 Å². The number of benzene rings is 2. The van der Waals surface area contributed by atoms with Gasteiger partial charge in [0.25, 0.3) is 0 Å². The Kier molecular flexibility index (Phi) is 7.28. The van der Waals surface area contributed by atoms with Gasteiger partial charge in [-0.15, -0.1) is 0 Å². The first-order valence-electron chi connectivity index (χ1n) is 10.2.